The summed E-state index contributed by atoms with van der Waals surface area (Å²) in [5.41, 5.74) is 8.81. The molecule has 1 aromatic carbocycles. The van der Waals surface area contributed by atoms with Crippen molar-refractivity contribution in [2.45, 2.75) is 33.2 Å². The van der Waals surface area contributed by atoms with Gasteiger partial charge in [0.25, 0.3) is 0 Å². The molecule has 0 radical (unpaired) electrons. The Hall–Kier alpha value is -1.94. The van der Waals surface area contributed by atoms with E-state index in [1.807, 2.05) is 12.1 Å². The lowest BCUT2D eigenvalue weighted by Gasteiger charge is -2.12. The molecule has 0 spiro atoms. The first-order chi connectivity index (χ1) is 9.11. The Morgan fingerprint density at radius 1 is 1.21 bits per heavy atom. The van der Waals surface area contributed by atoms with E-state index in [9.17, 15) is 0 Å². The molecule has 0 aliphatic carbocycles. The average Bonchev–Trinajstić information content (AvgIpc) is 2.39. The summed E-state index contributed by atoms with van der Waals surface area (Å²) >= 11 is 0. The van der Waals surface area contributed by atoms with E-state index in [-0.39, 0.29) is 0 Å². The summed E-state index contributed by atoms with van der Waals surface area (Å²) in [5, 5.41) is 0. The van der Waals surface area contributed by atoms with Crippen LogP contribution < -0.4 is 10.5 Å². The van der Waals surface area contributed by atoms with Gasteiger partial charge in [-0.1, -0.05) is 19.9 Å². The van der Waals surface area contributed by atoms with Crippen molar-refractivity contribution in [2.24, 2.45) is 5.73 Å². The zero-order valence-corrected chi connectivity index (χ0v) is 11.6. The number of aromatic nitrogens is 2. The number of hydrogen-bond donors (Lipinski definition) is 1. The molecule has 2 N–H and O–H groups in total. The Morgan fingerprint density at radius 3 is 2.58 bits per heavy atom. The van der Waals surface area contributed by atoms with Crippen LogP contribution in [0.2, 0.25) is 0 Å². The van der Waals surface area contributed by atoms with E-state index in [1.165, 1.54) is 11.1 Å². The van der Waals surface area contributed by atoms with E-state index < -0.39 is 0 Å². The van der Waals surface area contributed by atoms with E-state index >= 15 is 0 Å². The molecule has 0 saturated carbocycles. The van der Waals surface area contributed by atoms with Crippen LogP contribution in [-0.4, -0.2) is 9.97 Å². The summed E-state index contributed by atoms with van der Waals surface area (Å²) in [5.74, 6) is 1.74. The first-order valence-electron chi connectivity index (χ1n) is 6.40. The summed E-state index contributed by atoms with van der Waals surface area (Å²) in [4.78, 5) is 8.32. The van der Waals surface area contributed by atoms with E-state index in [0.717, 1.165) is 5.75 Å². The lowest BCUT2D eigenvalue weighted by molar-refractivity contribution is 0.451. The van der Waals surface area contributed by atoms with E-state index in [0.29, 0.717) is 24.0 Å². The molecule has 0 aliphatic rings. The molecule has 0 saturated heterocycles. The summed E-state index contributed by atoms with van der Waals surface area (Å²) in [7, 11) is 0. The molecular formula is C15H19N3O. The van der Waals surface area contributed by atoms with Crippen LogP contribution in [-0.2, 0) is 6.54 Å². The van der Waals surface area contributed by atoms with Crippen molar-refractivity contribution in [2.75, 3.05) is 0 Å². The molecule has 2 rings (SSSR count). The van der Waals surface area contributed by atoms with Gasteiger partial charge in [0.15, 0.2) is 0 Å². The second kappa shape index (κ2) is 5.80. The fourth-order valence-electron chi connectivity index (χ4n) is 2.05. The zero-order valence-electron chi connectivity index (χ0n) is 11.6. The van der Waals surface area contributed by atoms with Crippen molar-refractivity contribution >= 4 is 0 Å². The topological polar surface area (TPSA) is 61.0 Å². The van der Waals surface area contributed by atoms with Gasteiger partial charge < -0.3 is 10.5 Å². The summed E-state index contributed by atoms with van der Waals surface area (Å²) in [6, 6.07) is 6.06. The SMILES string of the molecule is Cc1cc(Oc2nccnc2CN)ccc1C(C)C. The molecule has 0 atom stereocenters. The molecule has 0 unspecified atom stereocenters. The molecule has 0 amide bonds. The quantitative estimate of drug-likeness (QED) is 0.914. The number of rotatable bonds is 4. The van der Waals surface area contributed by atoms with Gasteiger partial charge in [0.05, 0.1) is 0 Å². The highest BCUT2D eigenvalue weighted by Crippen LogP contribution is 2.27. The van der Waals surface area contributed by atoms with Crippen molar-refractivity contribution in [3.63, 3.8) is 0 Å². The third-order valence-electron chi connectivity index (χ3n) is 3.01. The third kappa shape index (κ3) is 3.09. The second-order valence-electron chi connectivity index (χ2n) is 4.79. The van der Waals surface area contributed by atoms with Gasteiger partial charge in [-0.15, -0.1) is 0 Å². The first-order valence-corrected chi connectivity index (χ1v) is 6.40. The zero-order chi connectivity index (χ0) is 13.8. The Kier molecular flexibility index (Phi) is 4.12. The molecule has 1 heterocycles. The molecule has 2 aromatic rings. The molecule has 100 valence electrons. The molecule has 0 aliphatic heterocycles. The van der Waals surface area contributed by atoms with E-state index in [2.05, 4.69) is 36.8 Å². The monoisotopic (exact) mass is 257 g/mol. The highest BCUT2D eigenvalue weighted by Gasteiger charge is 2.08. The van der Waals surface area contributed by atoms with Gasteiger partial charge in [0, 0.05) is 18.9 Å². The maximum absolute atomic E-state index is 5.76. The Morgan fingerprint density at radius 2 is 1.95 bits per heavy atom. The Balaban J connectivity index is 2.26. The standard InChI is InChI=1S/C15H19N3O/c1-10(2)13-5-4-12(8-11(13)3)19-15-14(9-16)17-6-7-18-15/h4-8,10H,9,16H2,1-3H3. The summed E-state index contributed by atoms with van der Waals surface area (Å²) < 4.78 is 5.76. The largest absolute Gasteiger partial charge is 0.437 e. The Labute approximate surface area is 113 Å². The van der Waals surface area contributed by atoms with Gasteiger partial charge in [-0.05, 0) is 36.1 Å². The van der Waals surface area contributed by atoms with Crippen LogP contribution in [0, 0.1) is 6.92 Å². The molecule has 4 heteroatoms. The number of nitrogens with two attached hydrogens (primary N) is 1. The average molecular weight is 257 g/mol. The predicted octanol–water partition coefficient (Wildman–Crippen LogP) is 3.16. The van der Waals surface area contributed by atoms with Crippen LogP contribution in [0.15, 0.2) is 30.6 Å². The molecule has 4 nitrogen and oxygen atoms in total. The minimum absolute atomic E-state index is 0.312. The highest BCUT2D eigenvalue weighted by molar-refractivity contribution is 5.38. The van der Waals surface area contributed by atoms with Gasteiger partial charge in [-0.3, -0.25) is 4.98 Å². The fourth-order valence-corrected chi connectivity index (χ4v) is 2.05. The lowest BCUT2D eigenvalue weighted by Crippen LogP contribution is -2.03. The van der Waals surface area contributed by atoms with Crippen molar-refractivity contribution in [1.29, 1.82) is 0 Å². The minimum Gasteiger partial charge on any atom is -0.437 e. The molecular weight excluding hydrogens is 238 g/mol. The van der Waals surface area contributed by atoms with Crippen LogP contribution in [0.3, 0.4) is 0 Å². The van der Waals surface area contributed by atoms with Gasteiger partial charge in [0.2, 0.25) is 5.88 Å². The van der Waals surface area contributed by atoms with Crippen LogP contribution in [0.25, 0.3) is 0 Å². The molecule has 0 bridgehead atoms. The number of benzene rings is 1. The van der Waals surface area contributed by atoms with Crippen molar-refractivity contribution in [3.8, 4) is 11.6 Å². The second-order valence-corrected chi connectivity index (χ2v) is 4.79. The Bertz CT molecular complexity index is 567. The maximum atomic E-state index is 5.76. The molecule has 0 fully saturated rings. The third-order valence-corrected chi connectivity index (χ3v) is 3.01. The van der Waals surface area contributed by atoms with Crippen LogP contribution in [0.5, 0.6) is 11.6 Å². The minimum atomic E-state index is 0.312. The summed E-state index contributed by atoms with van der Waals surface area (Å²) in [6.07, 6.45) is 3.21. The van der Waals surface area contributed by atoms with Gasteiger partial charge in [-0.25, -0.2) is 4.98 Å². The first kappa shape index (κ1) is 13.5. The number of hydrogen-bond acceptors (Lipinski definition) is 4. The highest BCUT2D eigenvalue weighted by atomic mass is 16.5. The van der Waals surface area contributed by atoms with Gasteiger partial charge in [0.1, 0.15) is 11.4 Å². The summed E-state index contributed by atoms with van der Waals surface area (Å²) in [6.45, 7) is 6.76. The van der Waals surface area contributed by atoms with Crippen LogP contribution in [0.1, 0.15) is 36.6 Å². The maximum Gasteiger partial charge on any atom is 0.242 e. The number of ether oxygens (including phenoxy) is 1. The van der Waals surface area contributed by atoms with Gasteiger partial charge in [-0.2, -0.15) is 0 Å². The van der Waals surface area contributed by atoms with Crippen molar-refractivity contribution < 1.29 is 4.74 Å². The lowest BCUT2D eigenvalue weighted by atomic mass is 9.98. The van der Waals surface area contributed by atoms with Crippen LogP contribution >= 0.6 is 0 Å². The predicted molar refractivity (Wildman–Crippen MR) is 75.3 cm³/mol. The number of nitrogens with zero attached hydrogens (tertiary/aromatic N) is 2. The van der Waals surface area contributed by atoms with Crippen LogP contribution in [0.4, 0.5) is 0 Å². The normalized spacial score (nSPS) is 10.8. The van der Waals surface area contributed by atoms with E-state index in [1.54, 1.807) is 12.4 Å². The molecule has 1 aromatic heterocycles. The van der Waals surface area contributed by atoms with Gasteiger partial charge >= 0.3 is 0 Å². The molecule has 19 heavy (non-hydrogen) atoms. The fraction of sp³-hybridized carbons (Fsp3) is 0.333. The number of aryl methyl sites for hydroxylation is 1. The van der Waals surface area contributed by atoms with Crippen molar-refractivity contribution in [1.82, 2.24) is 9.97 Å². The van der Waals surface area contributed by atoms with E-state index in [4.69, 9.17) is 10.5 Å². The smallest absolute Gasteiger partial charge is 0.242 e. The van der Waals surface area contributed by atoms with Crippen molar-refractivity contribution in [3.05, 3.63) is 47.4 Å².